The molecule has 1 aliphatic heterocycles. The number of benzene rings is 2. The quantitative estimate of drug-likeness (QED) is 0.532. The summed E-state index contributed by atoms with van der Waals surface area (Å²) in [6.45, 7) is 1.66. The monoisotopic (exact) mass is 470 g/mol. The number of fused-ring (bicyclic) bond motifs is 2. The third-order valence-corrected chi connectivity index (χ3v) is 6.12. The second-order valence-electron chi connectivity index (χ2n) is 7.96. The largest absolute Gasteiger partial charge is 0.465 e. The Bertz CT molecular complexity index is 1440. The number of amides is 1. The number of nitrogens with zero attached hydrogens (tertiary/aromatic N) is 2. The fourth-order valence-corrected chi connectivity index (χ4v) is 4.62. The zero-order valence-electron chi connectivity index (χ0n) is 19.4. The van der Waals surface area contributed by atoms with Crippen molar-refractivity contribution in [2.24, 2.45) is 0 Å². The van der Waals surface area contributed by atoms with Gasteiger partial charge in [0.1, 0.15) is 22.7 Å². The van der Waals surface area contributed by atoms with Crippen LogP contribution in [0, 0.1) is 0 Å². The second-order valence-corrected chi connectivity index (χ2v) is 7.96. The van der Waals surface area contributed by atoms with E-state index in [1.165, 1.54) is 14.2 Å². The van der Waals surface area contributed by atoms with E-state index in [0.29, 0.717) is 22.6 Å². The first-order valence-corrected chi connectivity index (χ1v) is 11.1. The van der Waals surface area contributed by atoms with Crippen molar-refractivity contribution < 1.29 is 28.6 Å². The van der Waals surface area contributed by atoms with E-state index >= 15 is 0 Å². The Balaban J connectivity index is 1.92. The molecule has 0 spiro atoms. The fraction of sp³-hybridized carbons (Fsp3) is 0.185. The summed E-state index contributed by atoms with van der Waals surface area (Å²) in [7, 11) is 2.42. The lowest BCUT2D eigenvalue weighted by Crippen LogP contribution is -2.39. The van der Waals surface area contributed by atoms with Crippen molar-refractivity contribution in [1.29, 1.82) is 0 Å². The summed E-state index contributed by atoms with van der Waals surface area (Å²) in [6, 6.07) is 16.6. The van der Waals surface area contributed by atoms with Crippen LogP contribution in [-0.2, 0) is 28.6 Å². The lowest BCUT2D eigenvalue weighted by Gasteiger charge is -2.31. The van der Waals surface area contributed by atoms with Gasteiger partial charge in [-0.1, -0.05) is 49.4 Å². The fourth-order valence-electron chi connectivity index (χ4n) is 4.62. The van der Waals surface area contributed by atoms with E-state index in [1.807, 2.05) is 36.4 Å². The summed E-state index contributed by atoms with van der Waals surface area (Å²) in [5, 5.41) is 1.82. The van der Waals surface area contributed by atoms with Crippen LogP contribution in [0.5, 0.6) is 0 Å². The number of carbonyl (C=O) groups is 3. The number of hydrogen-bond donors (Lipinski definition) is 0. The molecule has 3 aromatic rings. The van der Waals surface area contributed by atoms with Crippen LogP contribution < -0.4 is 0 Å². The third kappa shape index (κ3) is 3.37. The number of pyridine rings is 1. The molecule has 5 rings (SSSR count). The van der Waals surface area contributed by atoms with Crippen LogP contribution in [-0.4, -0.2) is 41.9 Å². The van der Waals surface area contributed by atoms with Crippen molar-refractivity contribution >= 4 is 40.0 Å². The number of aromatic nitrogens is 1. The average Bonchev–Trinajstić information content (AvgIpc) is 3.11. The summed E-state index contributed by atoms with van der Waals surface area (Å²) in [5.74, 6) is -1.74. The number of carbonyl (C=O) groups excluding carboxylic acids is 3. The van der Waals surface area contributed by atoms with E-state index in [2.05, 4.69) is 4.98 Å². The highest BCUT2D eigenvalue weighted by Crippen LogP contribution is 2.51. The minimum Gasteiger partial charge on any atom is -0.465 e. The molecule has 0 radical (unpaired) electrons. The van der Waals surface area contributed by atoms with Gasteiger partial charge in [0.2, 0.25) is 12.1 Å². The first-order valence-electron chi connectivity index (χ1n) is 11.1. The molecule has 2 aliphatic rings. The Morgan fingerprint density at radius 2 is 1.66 bits per heavy atom. The Morgan fingerprint density at radius 1 is 0.943 bits per heavy atom. The van der Waals surface area contributed by atoms with Gasteiger partial charge in [-0.3, -0.25) is 14.7 Å². The van der Waals surface area contributed by atoms with Crippen molar-refractivity contribution in [2.45, 2.75) is 19.6 Å². The van der Waals surface area contributed by atoms with Gasteiger partial charge in [0.05, 0.1) is 14.2 Å². The van der Waals surface area contributed by atoms with Crippen LogP contribution >= 0.6 is 0 Å². The molecule has 1 aromatic heterocycles. The number of hydrogen-bond acceptors (Lipinski definition) is 7. The summed E-state index contributed by atoms with van der Waals surface area (Å²) in [5.41, 5.74) is 1.84. The molecule has 0 saturated carbocycles. The zero-order chi connectivity index (χ0) is 24.7. The zero-order valence-corrected chi connectivity index (χ0v) is 19.4. The molecular weight excluding hydrogens is 448 g/mol. The molecule has 8 nitrogen and oxygen atoms in total. The summed E-state index contributed by atoms with van der Waals surface area (Å²) in [4.78, 5) is 45.5. The van der Waals surface area contributed by atoms with Gasteiger partial charge >= 0.3 is 11.9 Å². The van der Waals surface area contributed by atoms with Crippen LogP contribution in [0.1, 0.15) is 36.4 Å². The van der Waals surface area contributed by atoms with Crippen LogP contribution in [0.25, 0.3) is 22.1 Å². The highest BCUT2D eigenvalue weighted by Gasteiger charge is 2.45. The summed E-state index contributed by atoms with van der Waals surface area (Å²) < 4.78 is 16.8. The molecule has 1 aliphatic carbocycles. The van der Waals surface area contributed by atoms with Gasteiger partial charge in [-0.15, -0.1) is 0 Å². The van der Waals surface area contributed by atoms with Gasteiger partial charge < -0.3 is 14.2 Å². The molecule has 0 N–H and O–H groups in total. The normalized spacial score (nSPS) is 16.5. The van der Waals surface area contributed by atoms with E-state index in [9.17, 15) is 14.4 Å². The maximum Gasteiger partial charge on any atom is 0.355 e. The SMILES string of the molecule is CCC(=O)N1C(C(=O)OC)=C(C(=O)OC)C2=C(OC1c1ccccn1)c1cccc3cccc2c13. The van der Waals surface area contributed by atoms with E-state index in [0.717, 1.165) is 21.2 Å². The standard InChI is InChI=1S/C27H22N2O6/c1-4-19(30)29-23(27(32)34-3)22(26(31)33-2)21-16-11-7-9-15-10-8-12-17(20(15)16)24(21)35-25(29)18-13-5-6-14-28-18/h5-14,25H,4H2,1-3H3. The minimum absolute atomic E-state index is 0.0402. The van der Waals surface area contributed by atoms with Crippen LogP contribution in [0.3, 0.4) is 0 Å². The number of rotatable bonds is 4. The molecule has 0 fully saturated rings. The average molecular weight is 470 g/mol. The molecule has 2 heterocycles. The van der Waals surface area contributed by atoms with Crippen molar-refractivity contribution in [3.63, 3.8) is 0 Å². The molecular formula is C27H22N2O6. The highest BCUT2D eigenvalue weighted by atomic mass is 16.5. The topological polar surface area (TPSA) is 95.0 Å². The van der Waals surface area contributed by atoms with E-state index in [-0.39, 0.29) is 17.7 Å². The summed E-state index contributed by atoms with van der Waals surface area (Å²) >= 11 is 0. The third-order valence-electron chi connectivity index (χ3n) is 6.12. The summed E-state index contributed by atoms with van der Waals surface area (Å²) in [6.07, 6.45) is 0.480. The molecule has 0 saturated heterocycles. The molecule has 2 aromatic carbocycles. The molecule has 176 valence electrons. The number of ether oxygens (including phenoxy) is 3. The second kappa shape index (κ2) is 8.72. The van der Waals surface area contributed by atoms with Crippen LogP contribution in [0.15, 0.2) is 72.1 Å². The van der Waals surface area contributed by atoms with Crippen molar-refractivity contribution in [2.75, 3.05) is 14.2 Å². The van der Waals surface area contributed by atoms with Gasteiger partial charge in [0, 0.05) is 29.1 Å². The first kappa shape index (κ1) is 22.3. The van der Waals surface area contributed by atoms with Gasteiger partial charge in [0.15, 0.2) is 0 Å². The van der Waals surface area contributed by atoms with Gasteiger partial charge in [-0.2, -0.15) is 0 Å². The molecule has 1 atom stereocenters. The predicted molar refractivity (Wildman–Crippen MR) is 127 cm³/mol. The molecule has 1 unspecified atom stereocenters. The van der Waals surface area contributed by atoms with E-state index < -0.39 is 24.1 Å². The van der Waals surface area contributed by atoms with Crippen molar-refractivity contribution in [3.05, 3.63) is 88.9 Å². The first-order chi connectivity index (χ1) is 17.0. The smallest absolute Gasteiger partial charge is 0.355 e. The Hall–Kier alpha value is -4.46. The molecule has 1 amide bonds. The van der Waals surface area contributed by atoms with Crippen molar-refractivity contribution in [3.8, 4) is 0 Å². The van der Waals surface area contributed by atoms with E-state index in [1.54, 1.807) is 31.3 Å². The van der Waals surface area contributed by atoms with Gasteiger partial charge in [-0.25, -0.2) is 9.59 Å². The van der Waals surface area contributed by atoms with E-state index in [4.69, 9.17) is 14.2 Å². The lowest BCUT2D eigenvalue weighted by molar-refractivity contribution is -0.148. The van der Waals surface area contributed by atoms with Crippen molar-refractivity contribution in [1.82, 2.24) is 9.88 Å². The maximum absolute atomic E-state index is 13.4. The van der Waals surface area contributed by atoms with Crippen LogP contribution in [0.2, 0.25) is 0 Å². The maximum atomic E-state index is 13.4. The minimum atomic E-state index is -1.13. The van der Waals surface area contributed by atoms with Crippen LogP contribution in [0.4, 0.5) is 0 Å². The number of methoxy groups -OCH3 is 2. The molecule has 0 bridgehead atoms. The molecule has 35 heavy (non-hydrogen) atoms. The van der Waals surface area contributed by atoms with Gasteiger partial charge in [-0.05, 0) is 23.1 Å². The Morgan fingerprint density at radius 3 is 2.29 bits per heavy atom. The lowest BCUT2D eigenvalue weighted by atomic mass is 9.95. The highest BCUT2D eigenvalue weighted by molar-refractivity contribution is 6.25. The Kier molecular flexibility index (Phi) is 5.56. The Labute approximate surface area is 201 Å². The molecule has 8 heteroatoms. The predicted octanol–water partition coefficient (Wildman–Crippen LogP) is 3.98. The number of esters is 2. The van der Waals surface area contributed by atoms with Gasteiger partial charge in [0.25, 0.3) is 0 Å².